The van der Waals surface area contributed by atoms with Crippen molar-refractivity contribution in [3.05, 3.63) is 57.6 Å². The van der Waals surface area contributed by atoms with E-state index < -0.39 is 49.7 Å². The summed E-state index contributed by atoms with van der Waals surface area (Å²) >= 11 is 6.17. The Hall–Kier alpha value is -3.51. The number of amides is 5. The zero-order valence-electron chi connectivity index (χ0n) is 22.8. The molecule has 5 amide bonds. The summed E-state index contributed by atoms with van der Waals surface area (Å²) in [6, 6.07) is 3.49. The lowest BCUT2D eigenvalue weighted by Gasteiger charge is -2.36. The molecule has 9 nitrogen and oxygen atoms in total. The van der Waals surface area contributed by atoms with Crippen molar-refractivity contribution in [3.63, 3.8) is 0 Å². The van der Waals surface area contributed by atoms with Crippen LogP contribution in [0.2, 0.25) is 23.2 Å². The zero-order chi connectivity index (χ0) is 29.6. The van der Waals surface area contributed by atoms with Gasteiger partial charge in [0.1, 0.15) is 17.6 Å². The molecule has 13 heteroatoms. The molecular formula is C27H31ClF2N4O5Si. The molecular weight excluding hydrogens is 562 g/mol. The van der Waals surface area contributed by atoms with E-state index in [-0.39, 0.29) is 58.6 Å². The van der Waals surface area contributed by atoms with Crippen LogP contribution >= 0.6 is 11.6 Å². The molecule has 2 aromatic rings. The number of imide groups is 1. The zero-order valence-corrected chi connectivity index (χ0v) is 24.6. The maximum absolute atomic E-state index is 15.2. The lowest BCUT2D eigenvalue weighted by Crippen LogP contribution is -2.52. The topological polar surface area (TPSA) is 117 Å². The van der Waals surface area contributed by atoms with Crippen molar-refractivity contribution in [1.29, 1.82) is 0 Å². The molecule has 0 spiro atoms. The Labute approximate surface area is 236 Å². The first-order valence-electron chi connectivity index (χ1n) is 12.8. The molecule has 1 fully saturated rings. The number of nitrogens with zero attached hydrogens (tertiary/aromatic N) is 1. The Morgan fingerprint density at radius 2 is 1.88 bits per heavy atom. The number of fused-ring (bicyclic) bond motifs is 1. The van der Waals surface area contributed by atoms with E-state index in [0.29, 0.717) is 5.56 Å². The number of carbonyl (C=O) groups is 4. The number of carbonyl (C=O) groups excluding carboxylic acids is 4. The molecule has 2 aliphatic rings. The van der Waals surface area contributed by atoms with Crippen LogP contribution in [0.1, 0.15) is 55.1 Å². The highest BCUT2D eigenvalue weighted by atomic mass is 35.5. The SMILES string of the molecule is CC(C)(C)[Si](C)(C)Oc1cc(Cl)cc(NC(=O)NCc2cc3c(cc2F)C(=O)N(C2CCC(=O)NC2=O)C3)c1F. The van der Waals surface area contributed by atoms with Gasteiger partial charge in [0.2, 0.25) is 11.8 Å². The predicted octanol–water partition coefficient (Wildman–Crippen LogP) is 5.08. The molecule has 1 atom stereocenters. The molecule has 2 aliphatic heterocycles. The van der Waals surface area contributed by atoms with Crippen molar-refractivity contribution < 1.29 is 32.4 Å². The summed E-state index contributed by atoms with van der Waals surface area (Å²) < 4.78 is 36.1. The van der Waals surface area contributed by atoms with Crippen LogP contribution in [-0.4, -0.2) is 43.0 Å². The van der Waals surface area contributed by atoms with Gasteiger partial charge in [0, 0.05) is 41.7 Å². The van der Waals surface area contributed by atoms with Crippen LogP contribution in [-0.2, 0) is 22.7 Å². The van der Waals surface area contributed by atoms with Crippen molar-refractivity contribution in [1.82, 2.24) is 15.5 Å². The number of anilines is 1. The lowest BCUT2D eigenvalue weighted by atomic mass is 10.0. The third-order valence-electron chi connectivity index (χ3n) is 7.55. The van der Waals surface area contributed by atoms with Gasteiger partial charge in [-0.25, -0.2) is 13.6 Å². The summed E-state index contributed by atoms with van der Waals surface area (Å²) in [6.07, 6.45) is 0.288. The van der Waals surface area contributed by atoms with Gasteiger partial charge in [-0.3, -0.25) is 19.7 Å². The molecule has 0 radical (unpaired) electrons. The van der Waals surface area contributed by atoms with Gasteiger partial charge in [-0.05, 0) is 48.3 Å². The molecule has 0 saturated carbocycles. The molecule has 1 saturated heterocycles. The third kappa shape index (κ3) is 5.97. The minimum absolute atomic E-state index is 0.0602. The summed E-state index contributed by atoms with van der Waals surface area (Å²) in [6.45, 7) is 9.74. The Balaban J connectivity index is 1.44. The Bertz CT molecular complexity index is 1410. The highest BCUT2D eigenvalue weighted by Crippen LogP contribution is 2.40. The molecule has 214 valence electrons. The summed E-state index contributed by atoms with van der Waals surface area (Å²) in [4.78, 5) is 50.4. The first-order valence-corrected chi connectivity index (χ1v) is 16.0. The van der Waals surface area contributed by atoms with Crippen molar-refractivity contribution in [2.75, 3.05) is 5.32 Å². The lowest BCUT2D eigenvalue weighted by molar-refractivity contribution is -0.136. The van der Waals surface area contributed by atoms with Crippen LogP contribution in [0.3, 0.4) is 0 Å². The van der Waals surface area contributed by atoms with Gasteiger partial charge in [0.15, 0.2) is 5.82 Å². The highest BCUT2D eigenvalue weighted by molar-refractivity contribution is 6.74. The normalized spacial score (nSPS) is 17.4. The Kier molecular flexibility index (Phi) is 7.96. The van der Waals surface area contributed by atoms with Crippen LogP contribution in [0.4, 0.5) is 19.3 Å². The smallest absolute Gasteiger partial charge is 0.319 e. The van der Waals surface area contributed by atoms with Gasteiger partial charge in [0.25, 0.3) is 14.2 Å². The summed E-state index contributed by atoms with van der Waals surface area (Å²) in [7, 11) is -2.40. The van der Waals surface area contributed by atoms with Crippen molar-refractivity contribution >= 4 is 49.4 Å². The molecule has 2 heterocycles. The summed E-state index contributed by atoms with van der Waals surface area (Å²) in [5, 5.41) is 7.06. The minimum atomic E-state index is -2.40. The number of nitrogens with one attached hydrogen (secondary N) is 3. The van der Waals surface area contributed by atoms with Gasteiger partial charge < -0.3 is 20.0 Å². The quantitative estimate of drug-likeness (QED) is 0.319. The van der Waals surface area contributed by atoms with Crippen LogP contribution in [0, 0.1) is 11.6 Å². The largest absolute Gasteiger partial charge is 0.541 e. The van der Waals surface area contributed by atoms with E-state index in [1.807, 2.05) is 33.9 Å². The maximum atomic E-state index is 15.2. The number of benzene rings is 2. The fourth-order valence-corrected chi connectivity index (χ4v) is 5.49. The fourth-order valence-electron chi connectivity index (χ4n) is 4.28. The standard InChI is InChI=1S/C27H31ClF2N4O5Si/c1-27(2,3)40(4,5)39-21-10-16(28)9-19(23(21)30)32-26(38)31-12-14-8-15-13-34(25(37)17(15)11-18(14)29)20-6-7-22(35)33-24(20)36/h8-11,20H,6-7,12-13H2,1-5H3,(H2,31,32,38)(H,33,35,36). The van der Waals surface area contributed by atoms with E-state index in [0.717, 1.165) is 6.07 Å². The Morgan fingerprint density at radius 1 is 1.18 bits per heavy atom. The van der Waals surface area contributed by atoms with Gasteiger partial charge in [-0.2, -0.15) is 0 Å². The number of urea groups is 1. The second-order valence-electron chi connectivity index (χ2n) is 11.4. The summed E-state index contributed by atoms with van der Waals surface area (Å²) in [5.74, 6) is -3.04. The first-order chi connectivity index (χ1) is 18.6. The van der Waals surface area contributed by atoms with E-state index in [1.165, 1.54) is 23.1 Å². The van der Waals surface area contributed by atoms with E-state index >= 15 is 4.39 Å². The molecule has 3 N–H and O–H groups in total. The molecule has 1 unspecified atom stereocenters. The van der Waals surface area contributed by atoms with Gasteiger partial charge in [0.05, 0.1) is 5.69 Å². The fraction of sp³-hybridized carbons (Fsp3) is 0.407. The first kappa shape index (κ1) is 29.5. The van der Waals surface area contributed by atoms with Crippen LogP contribution in [0.5, 0.6) is 5.75 Å². The van der Waals surface area contributed by atoms with Crippen LogP contribution < -0.4 is 20.4 Å². The van der Waals surface area contributed by atoms with Crippen molar-refractivity contribution in [3.8, 4) is 5.75 Å². The molecule has 0 aliphatic carbocycles. The number of halogens is 3. The third-order valence-corrected chi connectivity index (χ3v) is 12.1. The van der Waals surface area contributed by atoms with Gasteiger partial charge in [-0.1, -0.05) is 32.4 Å². The van der Waals surface area contributed by atoms with Crippen molar-refractivity contribution in [2.24, 2.45) is 0 Å². The second-order valence-corrected chi connectivity index (χ2v) is 16.6. The number of rotatable bonds is 6. The van der Waals surface area contributed by atoms with Crippen LogP contribution in [0.15, 0.2) is 24.3 Å². The summed E-state index contributed by atoms with van der Waals surface area (Å²) in [5.41, 5.74) is 0.506. The van der Waals surface area contributed by atoms with Gasteiger partial charge in [-0.15, -0.1) is 0 Å². The molecule has 4 rings (SSSR count). The average Bonchev–Trinajstić information content (AvgIpc) is 3.14. The number of hydrogen-bond donors (Lipinski definition) is 3. The monoisotopic (exact) mass is 592 g/mol. The Morgan fingerprint density at radius 3 is 2.52 bits per heavy atom. The van der Waals surface area contributed by atoms with Crippen LogP contribution in [0.25, 0.3) is 0 Å². The maximum Gasteiger partial charge on any atom is 0.319 e. The minimum Gasteiger partial charge on any atom is -0.541 e. The van der Waals surface area contributed by atoms with E-state index in [9.17, 15) is 23.6 Å². The molecule has 0 bridgehead atoms. The molecule has 0 aromatic heterocycles. The van der Waals surface area contributed by atoms with E-state index in [1.54, 1.807) is 0 Å². The van der Waals surface area contributed by atoms with E-state index in [2.05, 4.69) is 16.0 Å². The average molecular weight is 593 g/mol. The molecule has 40 heavy (non-hydrogen) atoms. The number of piperidine rings is 1. The highest BCUT2D eigenvalue weighted by Gasteiger charge is 2.41. The van der Waals surface area contributed by atoms with Crippen molar-refractivity contribution in [2.45, 2.75) is 70.9 Å². The number of hydrogen-bond acceptors (Lipinski definition) is 5. The van der Waals surface area contributed by atoms with Gasteiger partial charge >= 0.3 is 6.03 Å². The second kappa shape index (κ2) is 10.8. The molecule has 2 aromatic carbocycles. The van der Waals surface area contributed by atoms with E-state index in [4.69, 9.17) is 16.0 Å². The predicted molar refractivity (Wildman–Crippen MR) is 148 cm³/mol.